The van der Waals surface area contributed by atoms with E-state index in [1.807, 2.05) is 0 Å². The zero-order chi connectivity index (χ0) is 9.72. The third-order valence-electron chi connectivity index (χ3n) is 1.47. The van der Waals surface area contributed by atoms with Crippen molar-refractivity contribution in [2.75, 3.05) is 6.54 Å². The highest BCUT2D eigenvalue weighted by Crippen LogP contribution is 2.02. The predicted octanol–water partition coefficient (Wildman–Crippen LogP) is -3.41. The van der Waals surface area contributed by atoms with Gasteiger partial charge in [-0.2, -0.15) is 0 Å². The molecule has 0 amide bonds. The maximum Gasteiger partial charge on any atom is 0.151 e. The van der Waals surface area contributed by atoms with Crippen LogP contribution in [-0.2, 0) is 4.79 Å². The molecular weight excluding hydrogens is 166 g/mol. The highest BCUT2D eigenvalue weighted by Gasteiger charge is 2.29. The van der Waals surface area contributed by atoms with Crippen molar-refractivity contribution in [3.63, 3.8) is 0 Å². The fraction of sp³-hybridized carbons (Fsp3) is 0.833. The Hall–Kier alpha value is -0.530. The van der Waals surface area contributed by atoms with Crippen molar-refractivity contribution in [2.45, 2.75) is 24.4 Å². The molecule has 0 fully saturated rings. The molecule has 0 saturated heterocycles. The fourth-order valence-corrected chi connectivity index (χ4v) is 0.650. The monoisotopic (exact) mass is 179 g/mol. The standard InChI is InChI=1S/C6H13NO5/c7-1-3(9)5(11)6(12)4(10)2-8/h2-6,9-12H,1,7H2/t3-,4-,5+,6+/m0/s1. The average molecular weight is 179 g/mol. The van der Waals surface area contributed by atoms with Crippen LogP contribution in [0.1, 0.15) is 0 Å². The molecular formula is C6H13NO5. The summed E-state index contributed by atoms with van der Waals surface area (Å²) in [6.07, 6.45) is -6.32. The quantitative estimate of drug-likeness (QED) is 0.280. The average Bonchev–Trinajstić information content (AvgIpc) is 2.12. The van der Waals surface area contributed by atoms with Gasteiger partial charge in [0.25, 0.3) is 0 Å². The summed E-state index contributed by atoms with van der Waals surface area (Å²) in [6, 6.07) is 0. The zero-order valence-corrected chi connectivity index (χ0v) is 6.37. The largest absolute Gasteiger partial charge is 0.389 e. The lowest BCUT2D eigenvalue weighted by molar-refractivity contribution is -0.132. The molecule has 0 aliphatic carbocycles. The van der Waals surface area contributed by atoms with Crippen LogP contribution < -0.4 is 5.73 Å². The van der Waals surface area contributed by atoms with E-state index in [1.54, 1.807) is 0 Å². The van der Waals surface area contributed by atoms with E-state index < -0.39 is 24.4 Å². The maximum absolute atomic E-state index is 9.93. The molecule has 6 heteroatoms. The third kappa shape index (κ3) is 2.84. The Kier molecular flexibility index (Phi) is 4.95. The first-order valence-corrected chi connectivity index (χ1v) is 3.42. The Morgan fingerprint density at radius 2 is 1.67 bits per heavy atom. The van der Waals surface area contributed by atoms with E-state index in [2.05, 4.69) is 0 Å². The molecule has 0 unspecified atom stereocenters. The first kappa shape index (κ1) is 11.5. The number of carbonyl (C=O) groups excluding carboxylic acids is 1. The van der Waals surface area contributed by atoms with Crippen LogP contribution in [0.3, 0.4) is 0 Å². The van der Waals surface area contributed by atoms with Crippen molar-refractivity contribution in [3.05, 3.63) is 0 Å². The smallest absolute Gasteiger partial charge is 0.151 e. The van der Waals surface area contributed by atoms with Gasteiger partial charge in [0.2, 0.25) is 0 Å². The molecule has 0 aliphatic rings. The summed E-state index contributed by atoms with van der Waals surface area (Å²) in [5.41, 5.74) is 4.96. The van der Waals surface area contributed by atoms with E-state index in [0.717, 1.165) is 0 Å². The molecule has 0 radical (unpaired) electrons. The number of nitrogens with two attached hydrogens (primary N) is 1. The Morgan fingerprint density at radius 3 is 2.00 bits per heavy atom. The first-order valence-electron chi connectivity index (χ1n) is 3.42. The molecule has 0 aromatic heterocycles. The normalized spacial score (nSPS) is 21.1. The van der Waals surface area contributed by atoms with Crippen LogP contribution in [0.25, 0.3) is 0 Å². The minimum absolute atomic E-state index is 0.0666. The highest BCUT2D eigenvalue weighted by molar-refractivity contribution is 5.56. The molecule has 0 heterocycles. The van der Waals surface area contributed by atoms with Gasteiger partial charge in [0.1, 0.15) is 18.3 Å². The Bertz CT molecular complexity index is 142. The zero-order valence-electron chi connectivity index (χ0n) is 6.37. The van der Waals surface area contributed by atoms with Crippen LogP contribution in [0.5, 0.6) is 0 Å². The molecule has 0 aliphatic heterocycles. The molecule has 12 heavy (non-hydrogen) atoms. The third-order valence-corrected chi connectivity index (χ3v) is 1.47. The summed E-state index contributed by atoms with van der Waals surface area (Å²) in [4.78, 5) is 9.93. The van der Waals surface area contributed by atoms with Crippen molar-refractivity contribution in [1.82, 2.24) is 0 Å². The number of aliphatic hydroxyl groups excluding tert-OH is 4. The molecule has 0 aromatic rings. The lowest BCUT2D eigenvalue weighted by atomic mass is 10.0. The first-order chi connectivity index (χ1) is 5.54. The fourth-order valence-electron chi connectivity index (χ4n) is 0.650. The van der Waals surface area contributed by atoms with Crippen LogP contribution in [0, 0.1) is 0 Å². The molecule has 72 valence electrons. The summed E-state index contributed by atoms with van der Waals surface area (Å²) in [6.45, 7) is -0.260. The van der Waals surface area contributed by atoms with E-state index >= 15 is 0 Å². The van der Waals surface area contributed by atoms with E-state index in [-0.39, 0.29) is 12.8 Å². The lowest BCUT2D eigenvalue weighted by Gasteiger charge is -2.22. The van der Waals surface area contributed by atoms with Crippen LogP contribution in [0.2, 0.25) is 0 Å². The summed E-state index contributed by atoms with van der Waals surface area (Å²) < 4.78 is 0. The predicted molar refractivity (Wildman–Crippen MR) is 39.1 cm³/mol. The summed E-state index contributed by atoms with van der Waals surface area (Å²) in [5, 5.41) is 35.5. The van der Waals surface area contributed by atoms with Crippen molar-refractivity contribution < 1.29 is 25.2 Å². The topological polar surface area (TPSA) is 124 Å². The van der Waals surface area contributed by atoms with Gasteiger partial charge >= 0.3 is 0 Å². The van der Waals surface area contributed by atoms with Crippen molar-refractivity contribution in [2.24, 2.45) is 5.73 Å². The number of rotatable bonds is 5. The van der Waals surface area contributed by atoms with E-state index in [0.29, 0.717) is 0 Å². The number of hydrogen-bond donors (Lipinski definition) is 5. The van der Waals surface area contributed by atoms with Gasteiger partial charge in [-0.3, -0.25) is 0 Å². The molecule has 4 atom stereocenters. The molecule has 0 saturated carbocycles. The Balaban J connectivity index is 4.07. The van der Waals surface area contributed by atoms with Gasteiger partial charge in [0, 0.05) is 6.54 Å². The Morgan fingerprint density at radius 1 is 1.17 bits per heavy atom. The Labute approximate surface area is 69.2 Å². The second-order valence-corrected chi connectivity index (χ2v) is 2.41. The minimum Gasteiger partial charge on any atom is -0.389 e. The van der Waals surface area contributed by atoms with Crippen LogP contribution >= 0.6 is 0 Å². The molecule has 0 aromatic carbocycles. The SMILES string of the molecule is NC[C@H](O)[C@@H](O)[C@H](O)[C@@H](O)C=O. The van der Waals surface area contributed by atoms with Crippen LogP contribution in [0.15, 0.2) is 0 Å². The lowest BCUT2D eigenvalue weighted by Crippen LogP contribution is -2.47. The molecule has 6 nitrogen and oxygen atoms in total. The second kappa shape index (κ2) is 5.18. The summed E-state index contributed by atoms with van der Waals surface area (Å²) >= 11 is 0. The maximum atomic E-state index is 9.93. The van der Waals surface area contributed by atoms with Gasteiger partial charge < -0.3 is 31.0 Å². The molecule has 0 rings (SSSR count). The van der Waals surface area contributed by atoms with Gasteiger partial charge in [-0.25, -0.2) is 0 Å². The molecule has 6 N–H and O–H groups in total. The molecule has 0 bridgehead atoms. The van der Waals surface area contributed by atoms with Gasteiger partial charge in [-0.15, -0.1) is 0 Å². The minimum atomic E-state index is -1.71. The molecule has 0 spiro atoms. The highest BCUT2D eigenvalue weighted by atomic mass is 16.4. The van der Waals surface area contributed by atoms with Crippen LogP contribution in [0.4, 0.5) is 0 Å². The van der Waals surface area contributed by atoms with E-state index in [4.69, 9.17) is 26.2 Å². The second-order valence-electron chi connectivity index (χ2n) is 2.41. The van der Waals surface area contributed by atoms with Gasteiger partial charge in [0.05, 0.1) is 6.10 Å². The number of aldehydes is 1. The van der Waals surface area contributed by atoms with Crippen LogP contribution in [-0.4, -0.2) is 57.7 Å². The van der Waals surface area contributed by atoms with Crippen molar-refractivity contribution in [1.29, 1.82) is 0 Å². The van der Waals surface area contributed by atoms with E-state index in [1.165, 1.54) is 0 Å². The number of aliphatic hydroxyl groups is 4. The van der Waals surface area contributed by atoms with Gasteiger partial charge in [0.15, 0.2) is 6.29 Å². The summed E-state index contributed by atoms with van der Waals surface area (Å²) in [7, 11) is 0. The number of carbonyl (C=O) groups is 1. The van der Waals surface area contributed by atoms with Crippen molar-refractivity contribution in [3.8, 4) is 0 Å². The van der Waals surface area contributed by atoms with E-state index in [9.17, 15) is 4.79 Å². The van der Waals surface area contributed by atoms with Gasteiger partial charge in [-0.1, -0.05) is 0 Å². The van der Waals surface area contributed by atoms with Crippen molar-refractivity contribution >= 4 is 6.29 Å². The number of hydrogen-bond acceptors (Lipinski definition) is 6. The summed E-state index contributed by atoms with van der Waals surface area (Å²) in [5.74, 6) is 0. The van der Waals surface area contributed by atoms with Gasteiger partial charge in [-0.05, 0) is 0 Å².